The molecule has 1 aromatic rings. The molecule has 0 spiro atoms. The van der Waals surface area contributed by atoms with Crippen molar-refractivity contribution in [2.24, 2.45) is 30.7 Å². The molecule has 4 nitrogen and oxygen atoms in total. The maximum absolute atomic E-state index is 13.9. The lowest BCUT2D eigenvalue weighted by molar-refractivity contribution is -0.671. The Balaban J connectivity index is 0.0000240. The summed E-state index contributed by atoms with van der Waals surface area (Å²) >= 11 is 0. The van der Waals surface area contributed by atoms with Crippen LogP contribution in [0.25, 0.3) is 0 Å². The molecule has 1 rings (SSSR count). The van der Waals surface area contributed by atoms with E-state index in [1.165, 1.54) is 135 Å². The second-order valence-electron chi connectivity index (χ2n) is 16.1. The highest BCUT2D eigenvalue weighted by atomic mass is 35.5. The summed E-state index contributed by atoms with van der Waals surface area (Å²) < 4.78 is 28.1. The smallest absolute Gasteiger partial charge is 0.361 e. The van der Waals surface area contributed by atoms with Crippen LogP contribution in [0.4, 0.5) is 0 Å². The molecule has 4 atom stereocenters. The second kappa shape index (κ2) is 32.9. The van der Waals surface area contributed by atoms with Crippen molar-refractivity contribution in [2.45, 2.75) is 196 Å². The molecule has 0 radical (unpaired) electrons. The normalized spacial score (nSPS) is 14.9. The van der Waals surface area contributed by atoms with E-state index < -0.39 is 7.60 Å². The Bertz CT molecular complexity index is 953. The van der Waals surface area contributed by atoms with Gasteiger partial charge in [-0.05, 0) is 62.2 Å². The highest BCUT2D eigenvalue weighted by molar-refractivity contribution is 7.62. The number of aryl methyl sites for hydroxylation is 1. The largest absolute Gasteiger partial charge is 1.00 e. The van der Waals surface area contributed by atoms with Gasteiger partial charge in [0.05, 0.1) is 18.5 Å². The lowest BCUT2D eigenvalue weighted by Crippen LogP contribution is -3.00. The van der Waals surface area contributed by atoms with Gasteiger partial charge in [0.2, 0.25) is 0 Å². The monoisotopic (exact) mass is 740 g/mol. The maximum atomic E-state index is 13.9. The first-order valence-corrected chi connectivity index (χ1v) is 22.7. The van der Waals surface area contributed by atoms with Gasteiger partial charge in [-0.15, -0.1) is 0 Å². The average Bonchev–Trinajstić information content (AvgIpc) is 3.06. The summed E-state index contributed by atoms with van der Waals surface area (Å²) in [6, 6.07) is 3.78. The summed E-state index contributed by atoms with van der Waals surface area (Å²) in [6.45, 7) is 15.1. The number of pyridine rings is 1. The number of allylic oxidation sites excluding steroid dienone is 2. The van der Waals surface area contributed by atoms with Gasteiger partial charge >= 0.3 is 7.60 Å². The Labute approximate surface area is 318 Å². The van der Waals surface area contributed by atoms with E-state index in [1.807, 2.05) is 36.1 Å². The molecule has 1 heterocycles. The summed E-state index contributed by atoms with van der Waals surface area (Å²) in [5, 5.41) is 0.672. The van der Waals surface area contributed by atoms with E-state index >= 15 is 0 Å². The number of halogens is 1. The van der Waals surface area contributed by atoms with Crippen LogP contribution in [0.15, 0.2) is 36.7 Å². The van der Waals surface area contributed by atoms with Gasteiger partial charge in [-0.25, -0.2) is 4.57 Å². The average molecular weight is 741 g/mol. The fourth-order valence-corrected chi connectivity index (χ4v) is 8.29. The van der Waals surface area contributed by atoms with Crippen molar-refractivity contribution < 1.29 is 30.6 Å². The Morgan fingerprint density at radius 3 is 1.50 bits per heavy atom. The maximum Gasteiger partial charge on any atom is 0.361 e. The lowest BCUT2D eigenvalue weighted by atomic mass is 9.91. The number of unbranched alkanes of at least 4 members (excludes halogenated alkanes) is 12. The molecule has 0 aliphatic heterocycles. The van der Waals surface area contributed by atoms with Gasteiger partial charge in [0.25, 0.3) is 0 Å². The first-order chi connectivity index (χ1) is 23.7. The fraction of sp³-hybridized carbons (Fsp3) is 0.841. The number of nitrogens with zero attached hydrogens (tertiary/aromatic N) is 1. The number of hydrogen-bond donors (Lipinski definition) is 0. The van der Waals surface area contributed by atoms with Crippen LogP contribution < -0.4 is 22.3 Å². The molecule has 0 saturated heterocycles. The van der Waals surface area contributed by atoms with Gasteiger partial charge in [-0.2, -0.15) is 0 Å². The predicted octanol–water partition coefficient (Wildman–Crippen LogP) is 10.9. The van der Waals surface area contributed by atoms with E-state index in [9.17, 15) is 4.57 Å². The van der Waals surface area contributed by atoms with Crippen molar-refractivity contribution in [3.05, 3.63) is 36.7 Å². The van der Waals surface area contributed by atoms with E-state index in [4.69, 9.17) is 9.05 Å². The van der Waals surface area contributed by atoms with Crippen molar-refractivity contribution in [1.82, 2.24) is 0 Å². The first kappa shape index (κ1) is 49.3. The zero-order valence-electron chi connectivity index (χ0n) is 34.2. The summed E-state index contributed by atoms with van der Waals surface area (Å²) in [7, 11) is -1.36. The van der Waals surface area contributed by atoms with Crippen molar-refractivity contribution in [3.8, 4) is 0 Å². The highest BCUT2D eigenvalue weighted by Crippen LogP contribution is 2.47. The molecule has 0 aliphatic rings. The molecule has 0 N–H and O–H groups in total. The van der Waals surface area contributed by atoms with Crippen LogP contribution in [0, 0.1) is 23.7 Å². The number of rotatable bonds is 34. The van der Waals surface area contributed by atoms with E-state index in [1.54, 1.807) is 0 Å². The van der Waals surface area contributed by atoms with Gasteiger partial charge < -0.3 is 21.5 Å². The van der Waals surface area contributed by atoms with Crippen LogP contribution in [-0.4, -0.2) is 13.2 Å². The highest BCUT2D eigenvalue weighted by Gasteiger charge is 2.28. The van der Waals surface area contributed by atoms with Gasteiger partial charge in [-0.1, -0.05) is 169 Å². The van der Waals surface area contributed by atoms with Crippen LogP contribution >= 0.6 is 7.60 Å². The molecule has 4 unspecified atom stereocenters. The second-order valence-corrected chi connectivity index (χ2v) is 18.1. The first-order valence-electron chi connectivity index (χ1n) is 21.2. The van der Waals surface area contributed by atoms with Crippen LogP contribution in [0.1, 0.15) is 196 Å². The minimum atomic E-state index is -3.33. The molecule has 0 saturated carbocycles. The van der Waals surface area contributed by atoms with E-state index in [-0.39, 0.29) is 12.4 Å². The van der Waals surface area contributed by atoms with Gasteiger partial charge in [0.15, 0.2) is 12.4 Å². The van der Waals surface area contributed by atoms with E-state index in [0.29, 0.717) is 24.4 Å². The topological polar surface area (TPSA) is 39.4 Å². The predicted molar refractivity (Wildman–Crippen MR) is 215 cm³/mol. The number of hydrogen-bond acceptors (Lipinski definition) is 3. The molecule has 0 aromatic carbocycles. The van der Waals surface area contributed by atoms with Crippen LogP contribution in [0.5, 0.6) is 0 Å². The molecule has 0 fully saturated rings. The summed E-state index contributed by atoms with van der Waals surface area (Å²) in [4.78, 5) is 0. The Kier molecular flexibility index (Phi) is 32.5. The van der Waals surface area contributed by atoms with Crippen LogP contribution in [0.2, 0.25) is 0 Å². The third-order valence-corrected chi connectivity index (χ3v) is 12.3. The summed E-state index contributed by atoms with van der Waals surface area (Å²) in [6.07, 6.45) is 39.4. The standard InChI is InChI=1S/C44H83NO3P.ClH/c1-8-9-10-11-12-13-14-15-16-17-18-19-20-21-22-23-38-47-49(46,44-33-36-45(7)37-34-44)48-39-35-43(6)32-26-31-42(5)30-25-29-41(4)28-24-27-40(2)3;/h15-16,33-34,36-37,40-43H,8-14,17-32,35,38-39H2,1-7H3;1H/q+1;/p-1/b16-15-;. The molecule has 0 aliphatic carbocycles. The third kappa shape index (κ3) is 27.9. The minimum Gasteiger partial charge on any atom is -1.00 e. The van der Waals surface area contributed by atoms with Gasteiger partial charge in [0.1, 0.15) is 7.05 Å². The quantitative estimate of drug-likeness (QED) is 0.0306. The molecular formula is C44H83ClNO3P. The summed E-state index contributed by atoms with van der Waals surface area (Å²) in [5.74, 6) is 3.08. The van der Waals surface area contributed by atoms with Crippen LogP contribution in [0.3, 0.4) is 0 Å². The van der Waals surface area contributed by atoms with Crippen LogP contribution in [-0.2, 0) is 20.7 Å². The van der Waals surface area contributed by atoms with Crippen molar-refractivity contribution >= 4 is 12.9 Å². The van der Waals surface area contributed by atoms with Crippen molar-refractivity contribution in [2.75, 3.05) is 13.2 Å². The van der Waals surface area contributed by atoms with E-state index in [0.717, 1.165) is 37.0 Å². The molecular weight excluding hydrogens is 657 g/mol. The Morgan fingerprint density at radius 2 is 1.00 bits per heavy atom. The molecule has 0 bridgehead atoms. The molecule has 1 aromatic heterocycles. The zero-order chi connectivity index (χ0) is 36.0. The molecule has 0 amide bonds. The molecule has 294 valence electrons. The molecule has 6 heteroatoms. The van der Waals surface area contributed by atoms with Gasteiger partial charge in [-0.3, -0.25) is 4.57 Å². The van der Waals surface area contributed by atoms with Crippen molar-refractivity contribution in [3.63, 3.8) is 0 Å². The fourth-order valence-electron chi connectivity index (χ4n) is 6.71. The third-order valence-electron chi connectivity index (χ3n) is 10.3. The Morgan fingerprint density at radius 1 is 0.580 bits per heavy atom. The SMILES string of the molecule is CCCCCCCC/C=C\CCCCCCCCOP(=O)(OCCC(C)CCCC(C)CCCC(C)CCCC(C)C)c1cc[n+](C)cc1.[Cl-]. The van der Waals surface area contributed by atoms with Gasteiger partial charge in [0, 0.05) is 12.1 Å². The van der Waals surface area contributed by atoms with Crippen molar-refractivity contribution in [1.29, 1.82) is 0 Å². The minimum absolute atomic E-state index is 0. The number of aromatic nitrogens is 1. The summed E-state index contributed by atoms with van der Waals surface area (Å²) in [5.41, 5.74) is 0. The van der Waals surface area contributed by atoms with E-state index in [2.05, 4.69) is 53.7 Å². The Hall–Kier alpha value is -0.670. The lowest BCUT2D eigenvalue weighted by Gasteiger charge is -2.20. The zero-order valence-corrected chi connectivity index (χ0v) is 35.8. The molecule has 50 heavy (non-hydrogen) atoms.